The fraction of sp³-hybridized carbons (Fsp3) is 0.778. The second-order valence-corrected chi connectivity index (χ2v) is 3.92. The molecular formula is C9H15Cl. The number of hydrogen-bond acceptors (Lipinski definition) is 0. The van der Waals surface area contributed by atoms with Crippen molar-refractivity contribution < 1.29 is 0 Å². The van der Waals surface area contributed by atoms with E-state index in [1.54, 1.807) is 0 Å². The Bertz CT molecular complexity index is 134. The zero-order valence-corrected chi connectivity index (χ0v) is 7.49. The minimum absolute atomic E-state index is 0.412. The van der Waals surface area contributed by atoms with E-state index in [9.17, 15) is 0 Å². The lowest BCUT2D eigenvalue weighted by Crippen LogP contribution is -2.03. The maximum Gasteiger partial charge on any atom is 0.0398 e. The lowest BCUT2D eigenvalue weighted by molar-refractivity contribution is 0.687. The van der Waals surface area contributed by atoms with Crippen molar-refractivity contribution in [2.75, 3.05) is 0 Å². The van der Waals surface area contributed by atoms with E-state index in [1.807, 2.05) is 0 Å². The molecule has 0 radical (unpaired) electrons. The summed E-state index contributed by atoms with van der Waals surface area (Å²) in [5, 5.41) is 0.412. The van der Waals surface area contributed by atoms with Crippen LogP contribution in [0.5, 0.6) is 0 Å². The zero-order valence-electron chi connectivity index (χ0n) is 6.73. The second-order valence-electron chi connectivity index (χ2n) is 3.35. The first-order chi connectivity index (χ1) is 4.70. The molecule has 0 nitrogen and oxygen atoms in total. The van der Waals surface area contributed by atoms with Gasteiger partial charge in [0.2, 0.25) is 0 Å². The van der Waals surface area contributed by atoms with Crippen molar-refractivity contribution in [1.29, 1.82) is 0 Å². The van der Waals surface area contributed by atoms with Crippen molar-refractivity contribution in [1.82, 2.24) is 0 Å². The van der Waals surface area contributed by atoms with E-state index in [-0.39, 0.29) is 0 Å². The molecule has 0 saturated heterocycles. The van der Waals surface area contributed by atoms with Gasteiger partial charge < -0.3 is 0 Å². The molecule has 1 heteroatoms. The summed E-state index contributed by atoms with van der Waals surface area (Å²) in [7, 11) is 0. The van der Waals surface area contributed by atoms with Gasteiger partial charge in [-0.05, 0) is 32.6 Å². The predicted octanol–water partition coefficient (Wildman–Crippen LogP) is 3.36. The molecule has 0 bridgehead atoms. The Labute approximate surface area is 68.3 Å². The van der Waals surface area contributed by atoms with Crippen molar-refractivity contribution in [2.45, 2.75) is 38.5 Å². The number of hydrogen-bond donors (Lipinski definition) is 0. The largest absolute Gasteiger partial charge is 0.122 e. The van der Waals surface area contributed by atoms with Gasteiger partial charge in [-0.1, -0.05) is 18.1 Å². The minimum atomic E-state index is 0.412. The van der Waals surface area contributed by atoms with Gasteiger partial charge in [0.1, 0.15) is 0 Å². The summed E-state index contributed by atoms with van der Waals surface area (Å²) in [5.74, 6) is 0.659. The van der Waals surface area contributed by atoms with Gasteiger partial charge >= 0.3 is 0 Å². The standard InChI is InChI=1S/C9H15Cl/c1-7(2)6-8-4-3-5-9(8)10/h6,8-9H,3-5H2,1-2H3/t8-,9+/m1/s1. The molecule has 0 N–H and O–H groups in total. The van der Waals surface area contributed by atoms with Gasteiger partial charge in [0.05, 0.1) is 0 Å². The van der Waals surface area contributed by atoms with Gasteiger partial charge in [-0.3, -0.25) is 0 Å². The Kier molecular flexibility index (Phi) is 2.79. The molecule has 0 spiro atoms. The molecule has 0 unspecified atom stereocenters. The smallest absolute Gasteiger partial charge is 0.0398 e. The fourth-order valence-electron chi connectivity index (χ4n) is 1.56. The summed E-state index contributed by atoms with van der Waals surface area (Å²) in [6, 6.07) is 0. The Morgan fingerprint density at radius 3 is 2.50 bits per heavy atom. The van der Waals surface area contributed by atoms with E-state index < -0.39 is 0 Å². The Morgan fingerprint density at radius 1 is 1.40 bits per heavy atom. The highest BCUT2D eigenvalue weighted by atomic mass is 35.5. The lowest BCUT2D eigenvalue weighted by atomic mass is 10.1. The summed E-state index contributed by atoms with van der Waals surface area (Å²) in [5.41, 5.74) is 1.40. The van der Waals surface area contributed by atoms with Crippen molar-refractivity contribution in [2.24, 2.45) is 5.92 Å². The molecule has 1 saturated carbocycles. The average Bonchev–Trinajstić information content (AvgIpc) is 2.15. The highest BCUT2D eigenvalue weighted by Gasteiger charge is 2.22. The van der Waals surface area contributed by atoms with Crippen molar-refractivity contribution in [3.8, 4) is 0 Å². The highest BCUT2D eigenvalue weighted by molar-refractivity contribution is 6.21. The molecule has 58 valence electrons. The third kappa shape index (κ3) is 2.02. The van der Waals surface area contributed by atoms with E-state index >= 15 is 0 Å². The Morgan fingerprint density at radius 2 is 2.10 bits per heavy atom. The van der Waals surface area contributed by atoms with E-state index in [4.69, 9.17) is 11.6 Å². The zero-order chi connectivity index (χ0) is 7.56. The maximum atomic E-state index is 6.08. The van der Waals surface area contributed by atoms with E-state index in [0.29, 0.717) is 11.3 Å². The van der Waals surface area contributed by atoms with E-state index in [0.717, 1.165) is 0 Å². The molecule has 0 aliphatic heterocycles. The van der Waals surface area contributed by atoms with Crippen LogP contribution in [0.15, 0.2) is 11.6 Å². The maximum absolute atomic E-state index is 6.08. The third-order valence-corrected chi connectivity index (χ3v) is 2.57. The highest BCUT2D eigenvalue weighted by Crippen LogP contribution is 2.31. The molecule has 0 aromatic rings. The van der Waals surface area contributed by atoms with Crippen LogP contribution in [0, 0.1) is 5.92 Å². The molecule has 0 amide bonds. The molecular weight excluding hydrogens is 144 g/mol. The lowest BCUT2D eigenvalue weighted by Gasteiger charge is -2.07. The molecule has 0 heterocycles. The van der Waals surface area contributed by atoms with Crippen molar-refractivity contribution in [3.05, 3.63) is 11.6 Å². The molecule has 10 heavy (non-hydrogen) atoms. The summed E-state index contributed by atoms with van der Waals surface area (Å²) < 4.78 is 0. The first-order valence-corrected chi connectivity index (χ1v) is 4.43. The average molecular weight is 159 g/mol. The SMILES string of the molecule is CC(C)=C[C@H]1CCC[C@@H]1Cl. The van der Waals surface area contributed by atoms with Crippen LogP contribution in [-0.2, 0) is 0 Å². The molecule has 0 aromatic carbocycles. The van der Waals surface area contributed by atoms with Crippen LogP contribution in [-0.4, -0.2) is 5.38 Å². The van der Waals surface area contributed by atoms with Gasteiger partial charge in [-0.15, -0.1) is 11.6 Å². The van der Waals surface area contributed by atoms with Crippen LogP contribution in [0.25, 0.3) is 0 Å². The number of rotatable bonds is 1. The van der Waals surface area contributed by atoms with Crippen LogP contribution in [0.4, 0.5) is 0 Å². The third-order valence-electron chi connectivity index (χ3n) is 2.03. The van der Waals surface area contributed by atoms with E-state index in [2.05, 4.69) is 19.9 Å². The summed E-state index contributed by atoms with van der Waals surface area (Å²) in [6.45, 7) is 4.28. The molecule has 1 rings (SSSR count). The van der Waals surface area contributed by atoms with Gasteiger partial charge in [-0.2, -0.15) is 0 Å². The second kappa shape index (κ2) is 3.43. The fourth-order valence-corrected chi connectivity index (χ4v) is 1.91. The Balaban J connectivity index is 2.48. The first-order valence-electron chi connectivity index (χ1n) is 3.99. The normalized spacial score (nSPS) is 32.3. The van der Waals surface area contributed by atoms with Gasteiger partial charge in [-0.25, -0.2) is 0 Å². The van der Waals surface area contributed by atoms with Crippen LogP contribution in [0.1, 0.15) is 33.1 Å². The summed E-state index contributed by atoms with van der Waals surface area (Å²) >= 11 is 6.08. The molecule has 2 atom stereocenters. The van der Waals surface area contributed by atoms with Crippen molar-refractivity contribution in [3.63, 3.8) is 0 Å². The molecule has 1 fully saturated rings. The monoisotopic (exact) mass is 158 g/mol. The van der Waals surface area contributed by atoms with E-state index in [1.165, 1.54) is 24.8 Å². The van der Waals surface area contributed by atoms with Crippen LogP contribution in [0.3, 0.4) is 0 Å². The minimum Gasteiger partial charge on any atom is -0.122 e. The molecule has 0 aromatic heterocycles. The van der Waals surface area contributed by atoms with Crippen molar-refractivity contribution >= 4 is 11.6 Å². The van der Waals surface area contributed by atoms with Crippen LogP contribution >= 0.6 is 11.6 Å². The quantitative estimate of drug-likeness (QED) is 0.406. The van der Waals surface area contributed by atoms with Gasteiger partial charge in [0.25, 0.3) is 0 Å². The summed E-state index contributed by atoms with van der Waals surface area (Å²) in [6.07, 6.45) is 6.11. The molecule has 1 aliphatic carbocycles. The van der Waals surface area contributed by atoms with Gasteiger partial charge in [0.15, 0.2) is 0 Å². The Hall–Kier alpha value is 0.0300. The van der Waals surface area contributed by atoms with Crippen LogP contribution in [0.2, 0.25) is 0 Å². The summed E-state index contributed by atoms with van der Waals surface area (Å²) in [4.78, 5) is 0. The predicted molar refractivity (Wildman–Crippen MR) is 46.4 cm³/mol. The molecule has 1 aliphatic rings. The van der Waals surface area contributed by atoms with Crippen LogP contribution < -0.4 is 0 Å². The first kappa shape index (κ1) is 8.13. The van der Waals surface area contributed by atoms with Gasteiger partial charge in [0, 0.05) is 5.38 Å². The number of alkyl halides is 1. The topological polar surface area (TPSA) is 0 Å². The number of allylic oxidation sites excluding steroid dienone is 2. The number of halogens is 1.